The predicted octanol–water partition coefficient (Wildman–Crippen LogP) is -1.60. The van der Waals surface area contributed by atoms with Gasteiger partial charge >= 0.3 is 41.0 Å². The van der Waals surface area contributed by atoms with Gasteiger partial charge in [0, 0.05) is 17.1 Å². The molecule has 7 N–H and O–H groups in total. The normalized spacial score (nSPS) is 11.8. The Labute approximate surface area is 143 Å². The van der Waals surface area contributed by atoms with Crippen LogP contribution in [0.2, 0.25) is 0 Å². The number of nitrogens with two attached hydrogens (primary N) is 2. The SMILES string of the molecule is CC(C)CC(N)C(=O)O.NC(CC(=O)O)C(=O)O.[Fe].[MgH2]. The summed E-state index contributed by atoms with van der Waals surface area (Å²) in [5, 5.41) is 24.3. The molecule has 0 amide bonds. The van der Waals surface area contributed by atoms with Gasteiger partial charge in [-0.2, -0.15) is 0 Å². The van der Waals surface area contributed by atoms with Crippen LogP contribution in [0, 0.1) is 5.92 Å². The first-order valence-corrected chi connectivity index (χ1v) is 5.26. The van der Waals surface area contributed by atoms with E-state index >= 15 is 0 Å². The fourth-order valence-electron chi connectivity index (χ4n) is 0.884. The molecule has 0 aliphatic carbocycles. The Balaban J connectivity index is -0.000000116. The van der Waals surface area contributed by atoms with Crippen molar-refractivity contribution >= 4 is 41.0 Å². The molecular weight excluding hydrogens is 324 g/mol. The van der Waals surface area contributed by atoms with Crippen LogP contribution < -0.4 is 11.5 Å². The van der Waals surface area contributed by atoms with Crippen LogP contribution in [0.15, 0.2) is 0 Å². The topological polar surface area (TPSA) is 164 Å². The number of hydrogen-bond acceptors (Lipinski definition) is 5. The molecule has 0 aromatic heterocycles. The molecule has 8 nitrogen and oxygen atoms in total. The molecule has 0 fully saturated rings. The van der Waals surface area contributed by atoms with Crippen molar-refractivity contribution in [1.82, 2.24) is 0 Å². The predicted molar refractivity (Wildman–Crippen MR) is 71.5 cm³/mol. The molecular formula is C10H22FeMgN2O6. The maximum absolute atomic E-state index is 10.1. The molecule has 118 valence electrons. The van der Waals surface area contributed by atoms with E-state index in [-0.39, 0.29) is 40.1 Å². The van der Waals surface area contributed by atoms with Crippen LogP contribution in [0.25, 0.3) is 0 Å². The summed E-state index contributed by atoms with van der Waals surface area (Å²) < 4.78 is 0. The number of carboxylic acid groups (broad SMARTS) is 3. The molecule has 0 saturated heterocycles. The fraction of sp³-hybridized carbons (Fsp3) is 0.700. The van der Waals surface area contributed by atoms with Gasteiger partial charge in [-0.25, -0.2) is 0 Å². The second-order valence-electron chi connectivity index (χ2n) is 4.12. The minimum absolute atomic E-state index is 0. The molecule has 0 radical (unpaired) electrons. The van der Waals surface area contributed by atoms with E-state index in [0.29, 0.717) is 12.3 Å². The molecule has 10 heteroatoms. The molecule has 0 spiro atoms. The van der Waals surface area contributed by atoms with E-state index in [1.165, 1.54) is 0 Å². The summed E-state index contributed by atoms with van der Waals surface area (Å²) in [4.78, 5) is 29.7. The minimum atomic E-state index is -1.29. The van der Waals surface area contributed by atoms with E-state index in [9.17, 15) is 14.4 Å². The second-order valence-corrected chi connectivity index (χ2v) is 4.12. The summed E-state index contributed by atoms with van der Waals surface area (Å²) in [6.45, 7) is 3.89. The number of hydrogen-bond donors (Lipinski definition) is 5. The number of rotatable bonds is 6. The summed E-state index contributed by atoms with van der Waals surface area (Å²) in [6.07, 6.45) is 0.0185. The van der Waals surface area contributed by atoms with Crippen LogP contribution in [-0.2, 0) is 31.5 Å². The number of aliphatic carboxylic acids is 3. The summed E-state index contributed by atoms with van der Waals surface area (Å²) in [5.74, 6) is -3.05. The van der Waals surface area contributed by atoms with Crippen molar-refractivity contribution in [1.29, 1.82) is 0 Å². The van der Waals surface area contributed by atoms with Crippen LogP contribution in [0.5, 0.6) is 0 Å². The van der Waals surface area contributed by atoms with Crippen LogP contribution >= 0.6 is 0 Å². The van der Waals surface area contributed by atoms with Gasteiger partial charge in [-0.05, 0) is 12.3 Å². The molecule has 0 rings (SSSR count). The Kier molecular flexibility index (Phi) is 20.9. The third-order valence-electron chi connectivity index (χ3n) is 1.75. The average Bonchev–Trinajstić information content (AvgIpc) is 2.16. The van der Waals surface area contributed by atoms with Gasteiger partial charge in [0.15, 0.2) is 0 Å². The first-order chi connectivity index (χ1) is 8.07. The van der Waals surface area contributed by atoms with Gasteiger partial charge < -0.3 is 26.8 Å². The zero-order valence-electron chi connectivity index (χ0n) is 10.7. The quantitative estimate of drug-likeness (QED) is 0.359. The van der Waals surface area contributed by atoms with Crippen molar-refractivity contribution in [2.45, 2.75) is 38.8 Å². The van der Waals surface area contributed by atoms with Crippen LogP contribution in [0.1, 0.15) is 26.7 Å². The van der Waals surface area contributed by atoms with Crippen molar-refractivity contribution in [2.24, 2.45) is 17.4 Å². The van der Waals surface area contributed by atoms with Crippen LogP contribution in [0.4, 0.5) is 0 Å². The summed E-state index contributed by atoms with van der Waals surface area (Å²) >= 11 is 0. The van der Waals surface area contributed by atoms with Crippen molar-refractivity contribution in [3.63, 3.8) is 0 Å². The molecule has 0 aliphatic rings. The smallest absolute Gasteiger partial charge is 0.321 e. The van der Waals surface area contributed by atoms with Gasteiger partial charge in [0.2, 0.25) is 0 Å². The minimum Gasteiger partial charge on any atom is -0.481 e. The molecule has 0 aromatic carbocycles. The van der Waals surface area contributed by atoms with Gasteiger partial charge in [0.05, 0.1) is 6.42 Å². The monoisotopic (exact) mass is 346 g/mol. The first kappa shape index (κ1) is 27.9. The molecule has 0 saturated carbocycles. The Morgan fingerprint density at radius 1 is 0.950 bits per heavy atom. The third kappa shape index (κ3) is 19.9. The van der Waals surface area contributed by atoms with Gasteiger partial charge in [-0.15, -0.1) is 0 Å². The molecule has 0 aromatic rings. The molecule has 2 unspecified atom stereocenters. The van der Waals surface area contributed by atoms with E-state index in [0.717, 1.165) is 0 Å². The zero-order valence-corrected chi connectivity index (χ0v) is 11.8. The average molecular weight is 346 g/mol. The summed E-state index contributed by atoms with van der Waals surface area (Å²) in [7, 11) is 0. The largest absolute Gasteiger partial charge is 0.481 e. The number of carboxylic acids is 3. The van der Waals surface area contributed by atoms with Crippen molar-refractivity contribution in [2.75, 3.05) is 0 Å². The van der Waals surface area contributed by atoms with E-state index in [1.54, 1.807) is 0 Å². The Bertz CT molecular complexity index is 303. The Morgan fingerprint density at radius 3 is 1.40 bits per heavy atom. The molecule has 2 atom stereocenters. The first-order valence-electron chi connectivity index (χ1n) is 5.26. The van der Waals surface area contributed by atoms with Crippen molar-refractivity contribution < 1.29 is 46.8 Å². The molecule has 0 aliphatic heterocycles. The molecule has 0 bridgehead atoms. The van der Waals surface area contributed by atoms with E-state index in [1.807, 2.05) is 13.8 Å². The second kappa shape index (κ2) is 15.0. The maximum Gasteiger partial charge on any atom is 0.321 e. The Hall–Kier alpha value is -0.384. The van der Waals surface area contributed by atoms with E-state index in [2.05, 4.69) is 0 Å². The van der Waals surface area contributed by atoms with E-state index < -0.39 is 36.4 Å². The standard InChI is InChI=1S/C6H13NO2.C4H7NO4.Fe.Mg.2H/c1-4(2)3-5(7)6(8)9;5-2(4(8)9)1-3(6)7;;;;/h4-5H,3,7H2,1-2H3,(H,8,9);2H,1,5H2,(H,6,7)(H,8,9);;;;. The third-order valence-corrected chi connectivity index (χ3v) is 1.75. The van der Waals surface area contributed by atoms with Gasteiger partial charge in [0.25, 0.3) is 0 Å². The van der Waals surface area contributed by atoms with Crippen LogP contribution in [0.3, 0.4) is 0 Å². The van der Waals surface area contributed by atoms with E-state index in [4.69, 9.17) is 26.8 Å². The zero-order chi connectivity index (χ0) is 14.9. The van der Waals surface area contributed by atoms with Gasteiger partial charge in [-0.3, -0.25) is 14.4 Å². The Morgan fingerprint density at radius 2 is 1.30 bits per heavy atom. The molecule has 0 heterocycles. The maximum atomic E-state index is 10.1. The molecule has 20 heavy (non-hydrogen) atoms. The number of carbonyl (C=O) groups is 3. The van der Waals surface area contributed by atoms with Crippen molar-refractivity contribution in [3.8, 4) is 0 Å². The van der Waals surface area contributed by atoms with Gasteiger partial charge in [0.1, 0.15) is 12.1 Å². The summed E-state index contributed by atoms with van der Waals surface area (Å²) in [6, 6.07) is -1.98. The fourth-order valence-corrected chi connectivity index (χ4v) is 0.884. The van der Waals surface area contributed by atoms with Crippen LogP contribution in [-0.4, -0.2) is 68.4 Å². The summed E-state index contributed by atoms with van der Waals surface area (Å²) in [5.41, 5.74) is 10.1. The van der Waals surface area contributed by atoms with Crippen molar-refractivity contribution in [3.05, 3.63) is 0 Å². The van der Waals surface area contributed by atoms with Gasteiger partial charge in [-0.1, -0.05) is 13.8 Å².